The van der Waals surface area contributed by atoms with Crippen molar-refractivity contribution in [1.82, 2.24) is 0 Å². The summed E-state index contributed by atoms with van der Waals surface area (Å²) in [7, 11) is 0. The van der Waals surface area contributed by atoms with E-state index in [1.807, 2.05) is 0 Å². The van der Waals surface area contributed by atoms with Crippen LogP contribution in [0.5, 0.6) is 0 Å². The topological polar surface area (TPSA) is 75.7 Å². The summed E-state index contributed by atoms with van der Waals surface area (Å²) >= 11 is 0. The van der Waals surface area contributed by atoms with Crippen molar-refractivity contribution in [1.29, 1.82) is 15.8 Å². The van der Waals surface area contributed by atoms with Gasteiger partial charge in [-0.2, -0.15) is 10.5 Å². The van der Waals surface area contributed by atoms with Gasteiger partial charge >= 0.3 is 0 Å². The SMILES string of the molecule is [C-]#[N+]/C(C#N)=C1/C(F)=C(F)C2=C(F)C(=C(C#N)C#N)C(F)=C(F)C2C1F. The van der Waals surface area contributed by atoms with Gasteiger partial charge in [0.2, 0.25) is 0 Å². The van der Waals surface area contributed by atoms with Crippen LogP contribution in [0, 0.1) is 46.5 Å². The number of rotatable bonds is 0. The molecule has 0 fully saturated rings. The fourth-order valence-electron chi connectivity index (χ4n) is 2.52. The van der Waals surface area contributed by atoms with E-state index in [1.54, 1.807) is 0 Å². The second kappa shape index (κ2) is 6.63. The summed E-state index contributed by atoms with van der Waals surface area (Å²) in [5.41, 5.74) is -7.15. The molecule has 0 bridgehead atoms. The Morgan fingerprint density at radius 2 is 1.46 bits per heavy atom. The third-order valence-corrected chi connectivity index (χ3v) is 3.65. The second-order valence-corrected chi connectivity index (χ2v) is 4.86. The lowest BCUT2D eigenvalue weighted by molar-refractivity contribution is 0.257. The van der Waals surface area contributed by atoms with Crippen LogP contribution in [0.25, 0.3) is 4.85 Å². The molecule has 128 valence electrons. The van der Waals surface area contributed by atoms with Gasteiger partial charge < -0.3 is 0 Å². The Bertz CT molecular complexity index is 1010. The zero-order valence-electron chi connectivity index (χ0n) is 12.2. The fraction of sp³-hybridized carbons (Fsp3) is 0.125. The van der Waals surface area contributed by atoms with Crippen LogP contribution in [0.3, 0.4) is 0 Å². The molecule has 0 aromatic rings. The monoisotopic (exact) mass is 364 g/mol. The van der Waals surface area contributed by atoms with Crippen LogP contribution in [0.15, 0.2) is 57.1 Å². The Morgan fingerprint density at radius 3 is 1.92 bits per heavy atom. The summed E-state index contributed by atoms with van der Waals surface area (Å²) in [5.74, 6) is -13.2. The molecule has 2 aliphatic carbocycles. The smallest absolute Gasteiger partial charge is 0.242 e. The highest BCUT2D eigenvalue weighted by molar-refractivity contribution is 5.66. The number of nitrogens with zero attached hydrogens (tertiary/aromatic N) is 4. The molecule has 2 unspecified atom stereocenters. The van der Waals surface area contributed by atoms with Crippen LogP contribution < -0.4 is 0 Å². The first kappa shape index (κ1) is 18.6. The molecule has 2 aliphatic rings. The molecule has 2 atom stereocenters. The minimum atomic E-state index is -2.99. The molecule has 4 nitrogen and oxygen atoms in total. The zero-order chi connectivity index (χ0) is 19.8. The summed E-state index contributed by atoms with van der Waals surface area (Å²) in [5, 5.41) is 26.1. The van der Waals surface area contributed by atoms with Gasteiger partial charge in [-0.1, -0.05) is 0 Å². The van der Waals surface area contributed by atoms with Crippen LogP contribution in [0.1, 0.15) is 0 Å². The molecular formula is C16H2F6N4. The van der Waals surface area contributed by atoms with Gasteiger partial charge in [0.15, 0.2) is 17.5 Å². The van der Waals surface area contributed by atoms with Gasteiger partial charge in [-0.15, -0.1) is 0 Å². The molecule has 0 aromatic heterocycles. The number of allylic oxidation sites excluding steroid dienone is 10. The third-order valence-electron chi connectivity index (χ3n) is 3.65. The summed E-state index contributed by atoms with van der Waals surface area (Å²) < 4.78 is 85.7. The van der Waals surface area contributed by atoms with Gasteiger partial charge in [-0.3, -0.25) is 0 Å². The van der Waals surface area contributed by atoms with E-state index in [0.29, 0.717) is 0 Å². The van der Waals surface area contributed by atoms with E-state index in [4.69, 9.17) is 22.4 Å². The Morgan fingerprint density at radius 1 is 0.885 bits per heavy atom. The highest BCUT2D eigenvalue weighted by Gasteiger charge is 2.49. The first-order valence-electron chi connectivity index (χ1n) is 6.48. The number of hydrogen-bond donors (Lipinski definition) is 0. The maximum Gasteiger partial charge on any atom is 0.270 e. The number of fused-ring (bicyclic) bond motifs is 1. The summed E-state index contributed by atoms with van der Waals surface area (Å²) in [6, 6.07) is 3.22. The molecule has 0 saturated heterocycles. The molecule has 26 heavy (non-hydrogen) atoms. The van der Waals surface area contributed by atoms with Crippen LogP contribution in [-0.4, -0.2) is 6.17 Å². The Balaban J connectivity index is 3.01. The van der Waals surface area contributed by atoms with Crippen LogP contribution in [0.4, 0.5) is 26.3 Å². The van der Waals surface area contributed by atoms with Gasteiger partial charge in [0.25, 0.3) is 5.70 Å². The predicted molar refractivity (Wildman–Crippen MR) is 72.5 cm³/mol. The lowest BCUT2D eigenvalue weighted by atomic mass is 9.76. The van der Waals surface area contributed by atoms with E-state index in [-0.39, 0.29) is 0 Å². The number of alkyl halides is 1. The van der Waals surface area contributed by atoms with Crippen molar-refractivity contribution in [3.8, 4) is 18.2 Å². The maximum atomic E-state index is 14.5. The van der Waals surface area contributed by atoms with E-state index in [2.05, 4.69) is 4.85 Å². The standard InChI is InChI=1S/C16H2F6N4/c1-26-6(4-25)8-12(18)10-9(16(22)14(8)20)11(17)7(5(2-23)3-24)13(19)15(10)21/h10,12H/b8-6+. The van der Waals surface area contributed by atoms with Crippen LogP contribution in [-0.2, 0) is 0 Å². The van der Waals surface area contributed by atoms with Crippen molar-refractivity contribution >= 4 is 0 Å². The Labute approximate surface area is 142 Å². The minimum absolute atomic E-state index is 1.07. The highest BCUT2D eigenvalue weighted by atomic mass is 19.2. The summed E-state index contributed by atoms with van der Waals surface area (Å²) in [6.07, 6.45) is -2.99. The Hall–Kier alpha value is -3.76. The molecule has 0 radical (unpaired) electrons. The Kier molecular flexibility index (Phi) is 4.73. The van der Waals surface area contributed by atoms with Gasteiger partial charge in [0.1, 0.15) is 35.5 Å². The number of halogens is 6. The molecule has 2 rings (SSSR count). The van der Waals surface area contributed by atoms with Crippen LogP contribution in [0.2, 0.25) is 0 Å². The molecule has 10 heteroatoms. The van der Waals surface area contributed by atoms with Crippen molar-refractivity contribution in [2.24, 2.45) is 5.92 Å². The molecule has 0 saturated carbocycles. The maximum absolute atomic E-state index is 14.5. The van der Waals surface area contributed by atoms with Crippen molar-refractivity contribution in [3.63, 3.8) is 0 Å². The highest BCUT2D eigenvalue weighted by Crippen LogP contribution is 2.53. The zero-order valence-corrected chi connectivity index (χ0v) is 12.2. The van der Waals surface area contributed by atoms with Crippen molar-refractivity contribution in [2.45, 2.75) is 6.17 Å². The molecule has 0 aliphatic heterocycles. The third kappa shape index (κ3) is 2.37. The van der Waals surface area contributed by atoms with E-state index < -0.39 is 69.2 Å². The van der Waals surface area contributed by atoms with Gasteiger partial charge in [0, 0.05) is 11.1 Å². The van der Waals surface area contributed by atoms with E-state index in [9.17, 15) is 26.3 Å². The van der Waals surface area contributed by atoms with E-state index in [0.717, 1.165) is 18.2 Å². The minimum Gasteiger partial charge on any atom is -0.242 e. The number of nitriles is 3. The lowest BCUT2D eigenvalue weighted by Gasteiger charge is -2.32. The second-order valence-electron chi connectivity index (χ2n) is 4.86. The average molecular weight is 364 g/mol. The normalized spacial score (nSPS) is 24.3. The van der Waals surface area contributed by atoms with Gasteiger partial charge in [-0.25, -0.2) is 36.4 Å². The van der Waals surface area contributed by atoms with E-state index in [1.165, 1.54) is 0 Å². The van der Waals surface area contributed by atoms with E-state index >= 15 is 0 Å². The van der Waals surface area contributed by atoms with Crippen molar-refractivity contribution < 1.29 is 26.3 Å². The first-order chi connectivity index (χ1) is 12.3. The quantitative estimate of drug-likeness (QED) is 0.360. The molecular weight excluding hydrogens is 362 g/mol. The first-order valence-corrected chi connectivity index (χ1v) is 6.48. The molecule has 0 amide bonds. The number of hydrogen-bond acceptors (Lipinski definition) is 3. The van der Waals surface area contributed by atoms with Gasteiger partial charge in [0.05, 0.1) is 24.1 Å². The average Bonchev–Trinajstić information content (AvgIpc) is 2.63. The predicted octanol–water partition coefficient (Wildman–Crippen LogP) is 4.53. The van der Waals surface area contributed by atoms with Crippen molar-refractivity contribution in [2.75, 3.05) is 0 Å². The summed E-state index contributed by atoms with van der Waals surface area (Å²) in [4.78, 5) is 2.49. The molecule has 0 N–H and O–H groups in total. The summed E-state index contributed by atoms with van der Waals surface area (Å²) in [6.45, 7) is 6.66. The lowest BCUT2D eigenvalue weighted by Crippen LogP contribution is -2.31. The largest absolute Gasteiger partial charge is 0.270 e. The van der Waals surface area contributed by atoms with Crippen molar-refractivity contribution in [3.05, 3.63) is 68.5 Å². The van der Waals surface area contributed by atoms with Gasteiger partial charge in [-0.05, 0) is 0 Å². The molecule has 0 heterocycles. The molecule has 0 aromatic carbocycles. The van der Waals surface area contributed by atoms with Crippen LogP contribution >= 0.6 is 0 Å². The molecule has 0 spiro atoms. The fourth-order valence-corrected chi connectivity index (χ4v) is 2.52.